The van der Waals surface area contributed by atoms with E-state index in [0.717, 1.165) is 48.2 Å². The average Bonchev–Trinajstić information content (AvgIpc) is 3.91. The summed E-state index contributed by atoms with van der Waals surface area (Å²) >= 11 is 0. The molecule has 2 N–H and O–H groups in total. The maximum absolute atomic E-state index is 13.2. The van der Waals surface area contributed by atoms with Crippen molar-refractivity contribution in [3.8, 4) is 22.6 Å². The predicted octanol–water partition coefficient (Wildman–Crippen LogP) is 8.49. The third kappa shape index (κ3) is 21.7. The Hall–Kier alpha value is -5.42. The Kier molecular flexibility index (Phi) is 20.1. The van der Waals surface area contributed by atoms with Crippen LogP contribution in [0.2, 0.25) is 0 Å². The third-order valence-corrected chi connectivity index (χ3v) is 9.54. The summed E-state index contributed by atoms with van der Waals surface area (Å²) in [5.74, 6) is -0.657. The Morgan fingerprint density at radius 2 is 0.794 bits per heavy atom. The zero-order chi connectivity index (χ0) is 50.3. The lowest BCUT2D eigenvalue weighted by molar-refractivity contribution is -0.162. The minimum atomic E-state index is -0.722. The second kappa shape index (κ2) is 24.7. The second-order valence-electron chi connectivity index (χ2n) is 21.2. The monoisotopic (exact) mass is 945 g/mol. The Balaban J connectivity index is 1.74. The molecule has 4 rings (SSSR count). The number of aromatic nitrogens is 2. The molecule has 374 valence electrons. The molecule has 0 saturated carbocycles. The lowest BCUT2D eigenvalue weighted by Gasteiger charge is -2.27. The molecule has 0 aliphatic carbocycles. The molecule has 4 heterocycles. The molecule has 0 radical (unpaired) electrons. The van der Waals surface area contributed by atoms with Gasteiger partial charge < -0.3 is 33.5 Å². The van der Waals surface area contributed by atoms with E-state index < -0.39 is 46.3 Å². The van der Waals surface area contributed by atoms with Crippen LogP contribution in [-0.4, -0.2) is 110 Å². The van der Waals surface area contributed by atoms with Gasteiger partial charge in [0.15, 0.2) is 0 Å². The molecule has 0 aliphatic rings. The Morgan fingerprint density at radius 1 is 0.485 bits per heavy atom. The van der Waals surface area contributed by atoms with Gasteiger partial charge in [-0.1, -0.05) is 12.8 Å². The number of ether oxygens (including phenoxy) is 4. The molecule has 0 aromatic carbocycles. The zero-order valence-electron chi connectivity index (χ0n) is 42.6. The van der Waals surface area contributed by atoms with Gasteiger partial charge in [-0.05, 0) is 158 Å². The van der Waals surface area contributed by atoms with E-state index in [9.17, 15) is 19.2 Å². The standard InChI is InChI=1S/C52H76N6O10/c1-49(2,3)65-45(59)33-57(34-46(60)66-50(4,5)6)31-41-27-37(43-19-17-23-63-43)25-39(54-41)29-56(22-16-14-13-15-21-53)30-40-26-38(44-20-18-24-64-44)28-42(55-40)32-58(35-47(61)67-51(7,8)9)36-48(62)68-52(10,11)12/h17-20,23-28H,13-16,21-22,29-36,53H2,1-12H3. The number of carbonyl (C=O) groups excluding carboxylic acids is 4. The SMILES string of the molecule is CC(C)(C)OC(=O)CN(CC(=O)OC(C)(C)C)Cc1cc(-c2ccco2)cc(CN(CCCCCCN)Cc2cc(-c3ccco3)cc(CN(CC(=O)OC(C)(C)C)CC(=O)OC(C)(C)C)n2)n1. The van der Waals surface area contributed by atoms with Crippen LogP contribution in [0.5, 0.6) is 0 Å². The number of unbranched alkanes of at least 4 members (excludes halogenated alkanes) is 3. The quantitative estimate of drug-likeness (QED) is 0.0399. The number of nitrogens with zero attached hydrogens (tertiary/aromatic N) is 5. The molecule has 16 heteroatoms. The van der Waals surface area contributed by atoms with E-state index in [0.29, 0.717) is 49.1 Å². The molecular weight excluding hydrogens is 869 g/mol. The van der Waals surface area contributed by atoms with Crippen LogP contribution in [0.15, 0.2) is 69.9 Å². The van der Waals surface area contributed by atoms with Gasteiger partial charge in [0.25, 0.3) is 0 Å². The molecule has 0 fully saturated rings. The molecule has 0 spiro atoms. The molecular formula is C52H76N6O10. The predicted molar refractivity (Wildman–Crippen MR) is 259 cm³/mol. The fraction of sp³-hybridized carbons (Fsp3) is 0.577. The van der Waals surface area contributed by atoms with Crippen LogP contribution in [0, 0.1) is 0 Å². The fourth-order valence-corrected chi connectivity index (χ4v) is 7.32. The number of rotatable bonds is 24. The maximum Gasteiger partial charge on any atom is 0.320 e. The van der Waals surface area contributed by atoms with Crippen LogP contribution < -0.4 is 5.73 Å². The highest BCUT2D eigenvalue weighted by Gasteiger charge is 2.27. The highest BCUT2D eigenvalue weighted by molar-refractivity contribution is 5.76. The zero-order valence-corrected chi connectivity index (χ0v) is 42.6. The summed E-state index contributed by atoms with van der Waals surface area (Å²) in [5, 5.41) is 0. The molecule has 0 saturated heterocycles. The summed E-state index contributed by atoms with van der Waals surface area (Å²) in [4.78, 5) is 68.6. The number of carbonyl (C=O) groups is 4. The van der Waals surface area contributed by atoms with Gasteiger partial charge in [-0.15, -0.1) is 0 Å². The Bertz CT molecular complexity index is 2000. The number of esters is 4. The van der Waals surface area contributed by atoms with E-state index >= 15 is 0 Å². The van der Waals surface area contributed by atoms with Gasteiger partial charge in [0.2, 0.25) is 0 Å². The van der Waals surface area contributed by atoms with E-state index in [1.165, 1.54) is 0 Å². The highest BCUT2D eigenvalue weighted by Crippen LogP contribution is 2.26. The van der Waals surface area contributed by atoms with Crippen LogP contribution in [0.4, 0.5) is 0 Å². The first-order valence-corrected chi connectivity index (χ1v) is 23.5. The van der Waals surface area contributed by atoms with Gasteiger partial charge in [0.1, 0.15) is 33.9 Å². The summed E-state index contributed by atoms with van der Waals surface area (Å²) in [6.45, 7) is 23.3. The molecule has 4 aromatic heterocycles. The molecule has 4 aromatic rings. The van der Waals surface area contributed by atoms with E-state index in [1.807, 2.05) is 48.5 Å². The number of furan rings is 2. The van der Waals surface area contributed by atoms with Crippen molar-refractivity contribution in [3.63, 3.8) is 0 Å². The molecule has 0 amide bonds. The molecule has 68 heavy (non-hydrogen) atoms. The van der Waals surface area contributed by atoms with Crippen molar-refractivity contribution in [2.24, 2.45) is 5.73 Å². The number of hydrogen-bond donors (Lipinski definition) is 1. The van der Waals surface area contributed by atoms with Crippen LogP contribution in [0.3, 0.4) is 0 Å². The average molecular weight is 945 g/mol. The van der Waals surface area contributed by atoms with Crippen molar-refractivity contribution < 1.29 is 47.0 Å². The first-order chi connectivity index (χ1) is 31.7. The topological polar surface area (TPSA) is 193 Å². The molecule has 0 atom stereocenters. The largest absolute Gasteiger partial charge is 0.464 e. The van der Waals surface area contributed by atoms with Crippen molar-refractivity contribution in [3.05, 3.63) is 83.8 Å². The summed E-state index contributed by atoms with van der Waals surface area (Å²) in [6.07, 6.45) is 6.99. The maximum atomic E-state index is 13.2. The van der Waals surface area contributed by atoms with Crippen LogP contribution >= 0.6 is 0 Å². The van der Waals surface area contributed by atoms with Crippen LogP contribution in [-0.2, 0) is 64.3 Å². The number of nitrogens with two attached hydrogens (primary N) is 1. The van der Waals surface area contributed by atoms with Crippen molar-refractivity contribution in [1.29, 1.82) is 0 Å². The minimum absolute atomic E-state index is 0.137. The first kappa shape index (κ1) is 55.2. The Labute approximate surface area is 403 Å². The first-order valence-electron chi connectivity index (χ1n) is 23.5. The van der Waals surface area contributed by atoms with Gasteiger partial charge in [-0.2, -0.15) is 0 Å². The lowest BCUT2D eigenvalue weighted by Crippen LogP contribution is -2.39. The number of pyridine rings is 2. The van der Waals surface area contributed by atoms with Crippen molar-refractivity contribution in [2.75, 3.05) is 39.3 Å². The van der Waals surface area contributed by atoms with E-state index in [2.05, 4.69) is 4.90 Å². The summed E-state index contributed by atoms with van der Waals surface area (Å²) in [5.41, 5.74) is 7.19. The smallest absolute Gasteiger partial charge is 0.320 e. The molecule has 16 nitrogen and oxygen atoms in total. The van der Waals surface area contributed by atoms with E-state index in [4.69, 9.17) is 43.5 Å². The lowest BCUT2D eigenvalue weighted by atomic mass is 10.1. The second-order valence-corrected chi connectivity index (χ2v) is 21.2. The van der Waals surface area contributed by atoms with Crippen molar-refractivity contribution >= 4 is 23.9 Å². The highest BCUT2D eigenvalue weighted by atomic mass is 16.6. The minimum Gasteiger partial charge on any atom is -0.464 e. The van der Waals surface area contributed by atoms with Crippen molar-refractivity contribution in [1.82, 2.24) is 24.7 Å². The summed E-state index contributed by atoms with van der Waals surface area (Å²) < 4.78 is 34.4. The van der Waals surface area contributed by atoms with Gasteiger partial charge in [-0.25, -0.2) is 0 Å². The molecule has 0 unspecified atom stereocenters. The molecule has 0 aliphatic heterocycles. The Morgan fingerprint density at radius 3 is 1.07 bits per heavy atom. The number of hydrogen-bond acceptors (Lipinski definition) is 16. The summed E-state index contributed by atoms with van der Waals surface area (Å²) in [7, 11) is 0. The normalized spacial score (nSPS) is 12.5. The van der Waals surface area contributed by atoms with Crippen LogP contribution in [0.25, 0.3) is 22.6 Å². The summed E-state index contributed by atoms with van der Waals surface area (Å²) in [6, 6.07) is 15.2. The van der Waals surface area contributed by atoms with Gasteiger partial charge in [0.05, 0.1) is 61.5 Å². The van der Waals surface area contributed by atoms with Crippen molar-refractivity contribution in [2.45, 2.75) is 157 Å². The van der Waals surface area contributed by atoms with Gasteiger partial charge in [0, 0.05) is 37.3 Å². The van der Waals surface area contributed by atoms with Gasteiger partial charge >= 0.3 is 23.9 Å². The van der Waals surface area contributed by atoms with Crippen LogP contribution in [0.1, 0.15) is 132 Å². The fourth-order valence-electron chi connectivity index (χ4n) is 7.32. The van der Waals surface area contributed by atoms with E-state index in [1.54, 1.807) is 105 Å². The third-order valence-electron chi connectivity index (χ3n) is 9.54. The van der Waals surface area contributed by atoms with Gasteiger partial charge in [-0.3, -0.25) is 43.8 Å². The molecule has 0 bridgehead atoms. The van der Waals surface area contributed by atoms with E-state index in [-0.39, 0.29) is 39.3 Å².